The van der Waals surface area contributed by atoms with Gasteiger partial charge >= 0.3 is 5.82 Å². The van der Waals surface area contributed by atoms with Gasteiger partial charge in [0.1, 0.15) is 6.04 Å². The maximum absolute atomic E-state index is 10.4. The topological polar surface area (TPSA) is 125 Å². The van der Waals surface area contributed by atoms with Gasteiger partial charge in [-0.1, -0.05) is 0 Å². The Morgan fingerprint density at radius 2 is 2.15 bits per heavy atom. The summed E-state index contributed by atoms with van der Waals surface area (Å²) < 4.78 is 0. The minimum absolute atomic E-state index is 0.541. The largest absolute Gasteiger partial charge is 0.368 e. The first kappa shape index (κ1) is 11.1. The molecule has 0 radical (unpaired) electrons. The summed E-state index contributed by atoms with van der Waals surface area (Å²) in [6.07, 6.45) is 2.06. The number of primary amides is 1. The van der Waals surface area contributed by atoms with Crippen LogP contribution in [0.3, 0.4) is 0 Å². The zero-order valence-corrected chi connectivity index (χ0v) is 7.01. The molecule has 0 saturated heterocycles. The highest BCUT2D eigenvalue weighted by atomic mass is 16.6. The minimum atomic E-state index is -0.763. The number of carbonyl (C=O) groups excluding carboxylic acids is 1. The van der Waals surface area contributed by atoms with Gasteiger partial charge in [0.2, 0.25) is 5.91 Å². The number of allylic oxidation sites excluding steroid dienone is 1. The number of rotatable bonds is 4. The Morgan fingerprint density at radius 3 is 2.54 bits per heavy atom. The first-order valence-electron chi connectivity index (χ1n) is 3.37. The second-order valence-electron chi connectivity index (χ2n) is 2.23. The van der Waals surface area contributed by atoms with E-state index >= 15 is 0 Å². The Balaban J connectivity index is 4.22. The average molecular weight is 186 g/mol. The molecule has 0 heterocycles. The molecular formula is C6H10N4O3. The molecule has 1 atom stereocenters. The van der Waals surface area contributed by atoms with Crippen molar-refractivity contribution in [3.05, 3.63) is 22.0 Å². The number of hydrogen-bond acceptors (Lipinski definition) is 5. The summed E-state index contributed by atoms with van der Waals surface area (Å²) in [5, 5.41) is 9.97. The number of amides is 1. The predicted octanol–water partition coefficient (Wildman–Crippen LogP) is -0.992. The first-order valence-corrected chi connectivity index (χ1v) is 3.37. The number of nitrogens with two attached hydrogens (primary N) is 2. The zero-order chi connectivity index (χ0) is 10.4. The van der Waals surface area contributed by atoms with Crippen molar-refractivity contribution < 1.29 is 9.72 Å². The molecule has 0 aromatic carbocycles. The normalized spacial score (nSPS) is 14.4. The van der Waals surface area contributed by atoms with Gasteiger partial charge in [0.15, 0.2) is 0 Å². The highest BCUT2D eigenvalue weighted by Gasteiger charge is 2.03. The van der Waals surface area contributed by atoms with Crippen LogP contribution in [-0.2, 0) is 4.79 Å². The lowest BCUT2D eigenvalue weighted by atomic mass is 10.3. The van der Waals surface area contributed by atoms with Crippen molar-refractivity contribution in [1.82, 2.24) is 0 Å². The third kappa shape index (κ3) is 4.51. The standard InChI is InChI=1S/C6H10N4O3/c1-4(6(8)11)9-3-2-5(7)10(12)13/h2-4H,7H2,1H3,(H2,8,11)/b5-2+,9-3?/t4-/m0/s1. The molecule has 13 heavy (non-hydrogen) atoms. The molecule has 0 aromatic heterocycles. The van der Waals surface area contributed by atoms with Crippen LogP contribution in [0.1, 0.15) is 6.92 Å². The van der Waals surface area contributed by atoms with Crippen LogP contribution in [0.2, 0.25) is 0 Å². The smallest absolute Gasteiger partial charge is 0.315 e. The van der Waals surface area contributed by atoms with Gasteiger partial charge in [0.05, 0.1) is 0 Å². The molecule has 0 aliphatic heterocycles. The van der Waals surface area contributed by atoms with Crippen LogP contribution in [0.15, 0.2) is 16.9 Å². The molecule has 0 aromatic rings. The fraction of sp³-hybridized carbons (Fsp3) is 0.333. The summed E-state index contributed by atoms with van der Waals surface area (Å²) in [4.78, 5) is 23.2. The molecule has 0 bridgehead atoms. The molecule has 0 unspecified atom stereocenters. The maximum atomic E-state index is 10.4. The highest BCUT2D eigenvalue weighted by Crippen LogP contribution is 1.87. The van der Waals surface area contributed by atoms with Crippen molar-refractivity contribution in [2.45, 2.75) is 13.0 Å². The summed E-state index contributed by atoms with van der Waals surface area (Å²) in [7, 11) is 0. The zero-order valence-electron chi connectivity index (χ0n) is 7.01. The van der Waals surface area contributed by atoms with Crippen molar-refractivity contribution in [1.29, 1.82) is 0 Å². The third-order valence-corrected chi connectivity index (χ3v) is 1.18. The summed E-state index contributed by atoms with van der Waals surface area (Å²) in [5.74, 6) is -1.15. The quantitative estimate of drug-likeness (QED) is 0.332. The van der Waals surface area contributed by atoms with Crippen molar-refractivity contribution in [3.8, 4) is 0 Å². The Bertz CT molecular complexity index is 271. The van der Waals surface area contributed by atoms with Crippen molar-refractivity contribution in [2.75, 3.05) is 0 Å². The van der Waals surface area contributed by atoms with Crippen LogP contribution in [0.25, 0.3) is 0 Å². The van der Waals surface area contributed by atoms with Gasteiger partial charge in [0, 0.05) is 12.3 Å². The number of hydrogen-bond donors (Lipinski definition) is 2. The van der Waals surface area contributed by atoms with E-state index in [0.717, 1.165) is 12.3 Å². The van der Waals surface area contributed by atoms with Gasteiger partial charge in [-0.2, -0.15) is 0 Å². The molecule has 0 rings (SSSR count). The van der Waals surface area contributed by atoms with Gasteiger partial charge < -0.3 is 15.8 Å². The number of nitro groups is 1. The molecule has 7 heteroatoms. The van der Waals surface area contributed by atoms with E-state index in [1.54, 1.807) is 0 Å². The van der Waals surface area contributed by atoms with Gasteiger partial charge in [-0.05, 0) is 11.8 Å². The summed E-state index contributed by atoms with van der Waals surface area (Å²) >= 11 is 0. The lowest BCUT2D eigenvalue weighted by molar-refractivity contribution is -0.426. The monoisotopic (exact) mass is 186 g/mol. The van der Waals surface area contributed by atoms with Crippen LogP contribution in [-0.4, -0.2) is 23.1 Å². The SMILES string of the molecule is C[C@H](N=C/C=C(\N)[N+](=O)[O-])C(N)=O. The van der Waals surface area contributed by atoms with Crippen LogP contribution >= 0.6 is 0 Å². The van der Waals surface area contributed by atoms with Crippen molar-refractivity contribution in [3.63, 3.8) is 0 Å². The molecule has 4 N–H and O–H groups in total. The van der Waals surface area contributed by atoms with Crippen LogP contribution in [0.4, 0.5) is 0 Å². The van der Waals surface area contributed by atoms with Crippen molar-refractivity contribution in [2.24, 2.45) is 16.5 Å². The molecule has 0 fully saturated rings. The van der Waals surface area contributed by atoms with Gasteiger partial charge in [-0.3, -0.25) is 15.5 Å². The molecule has 72 valence electrons. The molecule has 7 nitrogen and oxygen atoms in total. The van der Waals surface area contributed by atoms with Gasteiger partial charge in [0.25, 0.3) is 0 Å². The van der Waals surface area contributed by atoms with E-state index in [9.17, 15) is 14.9 Å². The maximum Gasteiger partial charge on any atom is 0.315 e. The molecule has 0 saturated carbocycles. The van der Waals surface area contributed by atoms with Crippen molar-refractivity contribution >= 4 is 12.1 Å². The van der Waals surface area contributed by atoms with E-state index in [1.807, 2.05) is 0 Å². The summed E-state index contributed by atoms with van der Waals surface area (Å²) in [6, 6.07) is -0.712. The Morgan fingerprint density at radius 1 is 1.62 bits per heavy atom. The number of carbonyl (C=O) groups is 1. The van der Waals surface area contributed by atoms with Crippen LogP contribution in [0.5, 0.6) is 0 Å². The number of aliphatic imine (C=N–C) groups is 1. The van der Waals surface area contributed by atoms with E-state index in [4.69, 9.17) is 11.5 Å². The van der Waals surface area contributed by atoms with Crippen LogP contribution < -0.4 is 11.5 Å². The molecule has 1 amide bonds. The molecule has 0 aliphatic rings. The highest BCUT2D eigenvalue weighted by molar-refractivity contribution is 5.82. The van der Waals surface area contributed by atoms with E-state index in [2.05, 4.69) is 4.99 Å². The lowest BCUT2D eigenvalue weighted by Gasteiger charge is -1.96. The second-order valence-corrected chi connectivity index (χ2v) is 2.23. The number of nitrogens with zero attached hydrogens (tertiary/aromatic N) is 2. The van der Waals surface area contributed by atoms with Gasteiger partial charge in [-0.15, -0.1) is 0 Å². The molecule has 0 spiro atoms. The fourth-order valence-corrected chi connectivity index (χ4v) is 0.383. The Hall–Kier alpha value is -1.92. The minimum Gasteiger partial charge on any atom is -0.368 e. The molecular weight excluding hydrogens is 176 g/mol. The third-order valence-electron chi connectivity index (χ3n) is 1.18. The van der Waals surface area contributed by atoms with Crippen LogP contribution in [0, 0.1) is 10.1 Å². The Labute approximate surface area is 74.3 Å². The Kier molecular flexibility index (Phi) is 4.14. The van der Waals surface area contributed by atoms with E-state index in [1.165, 1.54) is 6.92 Å². The molecule has 0 aliphatic carbocycles. The van der Waals surface area contributed by atoms with E-state index in [0.29, 0.717) is 0 Å². The van der Waals surface area contributed by atoms with Gasteiger partial charge in [-0.25, -0.2) is 0 Å². The van der Waals surface area contributed by atoms with E-state index < -0.39 is 22.7 Å². The predicted molar refractivity (Wildman–Crippen MR) is 46.4 cm³/mol. The average Bonchev–Trinajstić information content (AvgIpc) is 2.03. The summed E-state index contributed by atoms with van der Waals surface area (Å²) in [6.45, 7) is 1.47. The second kappa shape index (κ2) is 4.86. The lowest BCUT2D eigenvalue weighted by Crippen LogP contribution is -2.23. The first-order chi connectivity index (χ1) is 5.95. The summed E-state index contributed by atoms with van der Waals surface area (Å²) in [5.41, 5.74) is 9.81. The fourth-order valence-electron chi connectivity index (χ4n) is 0.383. The van der Waals surface area contributed by atoms with E-state index in [-0.39, 0.29) is 0 Å².